The van der Waals surface area contributed by atoms with Crippen LogP contribution in [-0.2, 0) is 4.79 Å². The highest BCUT2D eigenvalue weighted by molar-refractivity contribution is 5.85. The highest BCUT2D eigenvalue weighted by Gasteiger charge is 2.36. The smallest absolute Gasteiger partial charge is 0.162 e. The number of carbonyl (C=O) groups is 1. The Bertz CT molecular complexity index is 171. The van der Waals surface area contributed by atoms with Crippen molar-refractivity contribution in [2.75, 3.05) is 13.1 Å². The van der Waals surface area contributed by atoms with Crippen LogP contribution in [0.2, 0.25) is 0 Å². The maximum Gasteiger partial charge on any atom is 0.162 e. The van der Waals surface area contributed by atoms with Gasteiger partial charge in [0.25, 0.3) is 0 Å². The first kappa shape index (κ1) is 8.64. The third-order valence-electron chi connectivity index (χ3n) is 2.11. The van der Waals surface area contributed by atoms with Gasteiger partial charge in [0, 0.05) is 6.54 Å². The number of hydroxylamine groups is 2. The summed E-state index contributed by atoms with van der Waals surface area (Å²) in [6, 6.07) is 0. The molecule has 11 heavy (non-hydrogen) atoms. The molecule has 4 nitrogen and oxygen atoms in total. The summed E-state index contributed by atoms with van der Waals surface area (Å²) in [5.41, 5.74) is -1.31. The average Bonchev–Trinajstić information content (AvgIpc) is 1.86. The number of piperidine rings is 1. The summed E-state index contributed by atoms with van der Waals surface area (Å²) >= 11 is 0. The summed E-state index contributed by atoms with van der Waals surface area (Å²) in [6.45, 7) is 1.93. The molecule has 1 heterocycles. The van der Waals surface area contributed by atoms with Crippen LogP contribution in [0.25, 0.3) is 0 Å². The predicted molar refractivity (Wildman–Crippen MR) is 38.2 cm³/mol. The van der Waals surface area contributed by atoms with Crippen molar-refractivity contribution in [3.05, 3.63) is 0 Å². The summed E-state index contributed by atoms with van der Waals surface area (Å²) in [5.74, 6) is -0.267. The highest BCUT2D eigenvalue weighted by atomic mass is 16.5. The van der Waals surface area contributed by atoms with Crippen LogP contribution in [0.5, 0.6) is 0 Å². The second-order valence-corrected chi connectivity index (χ2v) is 3.08. The van der Waals surface area contributed by atoms with Crippen LogP contribution in [0, 0.1) is 0 Å². The van der Waals surface area contributed by atoms with Gasteiger partial charge >= 0.3 is 0 Å². The molecule has 4 heteroatoms. The van der Waals surface area contributed by atoms with E-state index in [4.69, 9.17) is 5.21 Å². The van der Waals surface area contributed by atoms with Crippen molar-refractivity contribution in [1.29, 1.82) is 0 Å². The minimum absolute atomic E-state index is 0.0440. The van der Waals surface area contributed by atoms with E-state index in [0.29, 0.717) is 19.4 Å². The van der Waals surface area contributed by atoms with E-state index in [-0.39, 0.29) is 12.3 Å². The first-order valence-corrected chi connectivity index (χ1v) is 3.72. The van der Waals surface area contributed by atoms with E-state index >= 15 is 0 Å². The molecule has 64 valence electrons. The number of hydrogen-bond acceptors (Lipinski definition) is 4. The Morgan fingerprint density at radius 1 is 1.64 bits per heavy atom. The summed E-state index contributed by atoms with van der Waals surface area (Å²) in [5, 5.41) is 19.6. The van der Waals surface area contributed by atoms with E-state index in [9.17, 15) is 9.90 Å². The van der Waals surface area contributed by atoms with E-state index in [2.05, 4.69) is 0 Å². The molecule has 0 aliphatic carbocycles. The molecule has 1 aliphatic rings. The molecule has 0 radical (unpaired) electrons. The molecular weight excluding hydrogens is 146 g/mol. The van der Waals surface area contributed by atoms with E-state index in [1.165, 1.54) is 6.92 Å². The first-order valence-electron chi connectivity index (χ1n) is 3.72. The van der Waals surface area contributed by atoms with Gasteiger partial charge in [0.15, 0.2) is 5.78 Å². The lowest BCUT2D eigenvalue weighted by atomic mass is 9.90. The molecule has 0 aromatic carbocycles. The molecular formula is C7H13NO3. The summed E-state index contributed by atoms with van der Waals surface area (Å²) in [6.07, 6.45) is 1.12. The van der Waals surface area contributed by atoms with E-state index in [1.54, 1.807) is 0 Å². The van der Waals surface area contributed by atoms with Gasteiger partial charge in [-0.2, -0.15) is 5.06 Å². The SMILES string of the molecule is CC(=O)C1(O)CCCN(O)C1. The lowest BCUT2D eigenvalue weighted by Gasteiger charge is -2.33. The van der Waals surface area contributed by atoms with Crippen LogP contribution < -0.4 is 0 Å². The quantitative estimate of drug-likeness (QED) is 0.556. The Morgan fingerprint density at radius 2 is 2.27 bits per heavy atom. The standard InChI is InChI=1S/C7H13NO3/c1-6(9)7(10)3-2-4-8(11)5-7/h10-11H,2-5H2,1H3. The molecule has 1 atom stereocenters. The van der Waals surface area contributed by atoms with Crippen LogP contribution in [0.3, 0.4) is 0 Å². The minimum atomic E-state index is -1.31. The maximum absolute atomic E-state index is 10.9. The molecule has 1 unspecified atom stereocenters. The molecule has 0 amide bonds. The van der Waals surface area contributed by atoms with E-state index in [1.807, 2.05) is 0 Å². The highest BCUT2D eigenvalue weighted by Crippen LogP contribution is 2.20. The number of ketones is 1. The second-order valence-electron chi connectivity index (χ2n) is 3.08. The Balaban J connectivity index is 2.63. The van der Waals surface area contributed by atoms with Crippen molar-refractivity contribution in [2.24, 2.45) is 0 Å². The van der Waals surface area contributed by atoms with Gasteiger partial charge in [-0.3, -0.25) is 4.79 Å². The van der Waals surface area contributed by atoms with Crippen molar-refractivity contribution in [3.8, 4) is 0 Å². The second kappa shape index (κ2) is 2.89. The number of aliphatic hydroxyl groups is 1. The molecule has 0 aromatic heterocycles. The zero-order chi connectivity index (χ0) is 8.48. The van der Waals surface area contributed by atoms with Crippen molar-refractivity contribution in [3.63, 3.8) is 0 Å². The Labute approximate surface area is 65.4 Å². The first-order chi connectivity index (χ1) is 5.04. The molecule has 0 spiro atoms. The molecule has 0 saturated carbocycles. The Morgan fingerprint density at radius 3 is 2.64 bits per heavy atom. The fraction of sp³-hybridized carbons (Fsp3) is 0.857. The van der Waals surface area contributed by atoms with Crippen LogP contribution in [0.4, 0.5) is 0 Å². The number of β-amino-alcohol motifs (C(OH)–C–C–N with tert-alkyl or cyclic N) is 1. The van der Waals surface area contributed by atoms with Crippen molar-refractivity contribution in [1.82, 2.24) is 5.06 Å². The van der Waals surface area contributed by atoms with Crippen LogP contribution in [0.15, 0.2) is 0 Å². The van der Waals surface area contributed by atoms with Gasteiger partial charge in [0.05, 0.1) is 6.54 Å². The summed E-state index contributed by atoms with van der Waals surface area (Å²) < 4.78 is 0. The third-order valence-corrected chi connectivity index (χ3v) is 2.11. The zero-order valence-electron chi connectivity index (χ0n) is 6.58. The molecule has 1 saturated heterocycles. The Kier molecular flexibility index (Phi) is 2.27. The molecule has 0 aromatic rings. The number of hydrogen-bond donors (Lipinski definition) is 2. The van der Waals surface area contributed by atoms with Gasteiger partial charge in [-0.05, 0) is 19.8 Å². The fourth-order valence-electron chi connectivity index (χ4n) is 1.30. The number of rotatable bonds is 1. The van der Waals surface area contributed by atoms with Gasteiger partial charge in [-0.15, -0.1) is 0 Å². The number of Topliss-reactive ketones (excluding diaryl/α,β-unsaturated/α-hetero) is 1. The zero-order valence-corrected chi connectivity index (χ0v) is 6.58. The largest absolute Gasteiger partial charge is 0.381 e. The van der Waals surface area contributed by atoms with Gasteiger partial charge in [0.1, 0.15) is 5.60 Å². The summed E-state index contributed by atoms with van der Waals surface area (Å²) in [4.78, 5) is 10.9. The van der Waals surface area contributed by atoms with Gasteiger partial charge in [0.2, 0.25) is 0 Å². The lowest BCUT2D eigenvalue weighted by molar-refractivity contribution is -0.175. The van der Waals surface area contributed by atoms with Crippen LogP contribution in [-0.4, -0.2) is 39.9 Å². The molecule has 2 N–H and O–H groups in total. The molecule has 1 aliphatic heterocycles. The van der Waals surface area contributed by atoms with Crippen LogP contribution in [0.1, 0.15) is 19.8 Å². The Hall–Kier alpha value is -0.450. The number of carbonyl (C=O) groups excluding carboxylic acids is 1. The summed E-state index contributed by atoms with van der Waals surface area (Å²) in [7, 11) is 0. The van der Waals surface area contributed by atoms with Crippen molar-refractivity contribution >= 4 is 5.78 Å². The lowest BCUT2D eigenvalue weighted by Crippen LogP contribution is -2.51. The topological polar surface area (TPSA) is 60.8 Å². The normalized spacial score (nSPS) is 33.7. The van der Waals surface area contributed by atoms with Gasteiger partial charge in [-0.1, -0.05) is 0 Å². The molecule has 1 fully saturated rings. The van der Waals surface area contributed by atoms with Crippen molar-refractivity contribution in [2.45, 2.75) is 25.4 Å². The van der Waals surface area contributed by atoms with E-state index < -0.39 is 5.60 Å². The molecule has 1 rings (SSSR count). The van der Waals surface area contributed by atoms with Crippen LogP contribution >= 0.6 is 0 Å². The average molecular weight is 159 g/mol. The number of nitrogens with zero attached hydrogens (tertiary/aromatic N) is 1. The fourth-order valence-corrected chi connectivity index (χ4v) is 1.30. The predicted octanol–water partition coefficient (Wildman–Crippen LogP) is -0.209. The van der Waals surface area contributed by atoms with Gasteiger partial charge in [-0.25, -0.2) is 0 Å². The van der Waals surface area contributed by atoms with Crippen molar-refractivity contribution < 1.29 is 15.1 Å². The minimum Gasteiger partial charge on any atom is -0.381 e. The molecule has 0 bridgehead atoms. The van der Waals surface area contributed by atoms with E-state index in [0.717, 1.165) is 5.06 Å². The maximum atomic E-state index is 10.9. The third kappa shape index (κ3) is 1.77. The monoisotopic (exact) mass is 159 g/mol. The van der Waals surface area contributed by atoms with Gasteiger partial charge < -0.3 is 10.3 Å².